The summed E-state index contributed by atoms with van der Waals surface area (Å²) in [6.45, 7) is 6.94. The second-order valence-corrected chi connectivity index (χ2v) is 19.4. The number of ether oxygens (including phenoxy) is 3. The van der Waals surface area contributed by atoms with Gasteiger partial charge in [0.05, 0.1) is 17.8 Å². The second-order valence-electron chi connectivity index (χ2n) is 19.4. The molecule has 5 heterocycles. The van der Waals surface area contributed by atoms with Gasteiger partial charge >= 0.3 is 0 Å². The number of para-hydroxylation sites is 1. The maximum atomic E-state index is 6.42. The zero-order valence-electron chi connectivity index (χ0n) is 35.7. The van der Waals surface area contributed by atoms with Crippen LogP contribution < -0.4 is 4.74 Å². The molecule has 5 heteroatoms. The first-order valence-corrected chi connectivity index (χ1v) is 23.6. The molecule has 0 unspecified atom stereocenters. The molecule has 2 saturated heterocycles. The van der Waals surface area contributed by atoms with E-state index in [2.05, 4.69) is 79.4 Å². The van der Waals surface area contributed by atoms with E-state index in [4.69, 9.17) is 24.2 Å². The Balaban J connectivity index is 0.000000152. The van der Waals surface area contributed by atoms with Gasteiger partial charge in [0.2, 0.25) is 0 Å². The smallest absolute Gasteiger partial charge is 0.122 e. The zero-order chi connectivity index (χ0) is 40.0. The fourth-order valence-electron chi connectivity index (χ4n) is 12.8. The number of pyridine rings is 2. The van der Waals surface area contributed by atoms with Crippen LogP contribution in [0.5, 0.6) is 5.75 Å². The van der Waals surface area contributed by atoms with Crippen molar-refractivity contribution in [1.29, 1.82) is 0 Å². The van der Waals surface area contributed by atoms with Crippen LogP contribution in [0.2, 0.25) is 0 Å². The van der Waals surface area contributed by atoms with Gasteiger partial charge in [-0.05, 0) is 161 Å². The van der Waals surface area contributed by atoms with Crippen molar-refractivity contribution in [1.82, 2.24) is 9.97 Å². The minimum absolute atomic E-state index is 0.112. The van der Waals surface area contributed by atoms with E-state index in [1.54, 1.807) is 0 Å². The number of hydrogen-bond acceptors (Lipinski definition) is 5. The number of nitrogens with zero attached hydrogens (tertiary/aromatic N) is 2. The van der Waals surface area contributed by atoms with E-state index in [1.807, 2.05) is 24.5 Å². The topological polar surface area (TPSA) is 53.5 Å². The lowest BCUT2D eigenvalue weighted by atomic mass is 9.66. The molecule has 2 aromatic carbocycles. The van der Waals surface area contributed by atoms with Crippen LogP contribution in [0.4, 0.5) is 0 Å². The van der Waals surface area contributed by atoms with Gasteiger partial charge in [-0.1, -0.05) is 99.7 Å². The SMILES string of the molecule is C=C1CC[C@H](CCC[C@@]2(c3ccccn3)CCOC3(CCCC3)C2)c2ccccc21.c1ccc([C@]2(CCC[C@H]3CCOc4ccccc43)CCOC3(CCCC3)C2)nc1. The summed E-state index contributed by atoms with van der Waals surface area (Å²) in [7, 11) is 0. The molecule has 4 atom stereocenters. The van der Waals surface area contributed by atoms with Gasteiger partial charge in [-0.25, -0.2) is 0 Å². The minimum Gasteiger partial charge on any atom is -0.493 e. The molecule has 4 aromatic rings. The van der Waals surface area contributed by atoms with E-state index in [-0.39, 0.29) is 22.0 Å². The standard InChI is InChI=1S/C28H35NO.C26H33NO2/c1-22-13-14-23(25-11-3-2-10-24(22)25)9-8-15-27(26-12-4-7-19-29-26)18-20-30-28(21-27)16-5-6-17-28;1-2-10-23-22(9-1)21(12-18-28-23)8-7-13-25(24-11-3-6-17-27-24)16-19-29-26(20-25)14-4-5-15-26/h2-4,7,10-12,19,23H,1,5-6,8-9,13-18,20-21H2;1-3,6,9-11,17,21H,4-5,7-8,12-16,18-20H2/t23-,27+;21-,25+/m00/s1. The zero-order valence-corrected chi connectivity index (χ0v) is 35.7. The molecule has 5 nitrogen and oxygen atoms in total. The van der Waals surface area contributed by atoms with E-state index in [9.17, 15) is 0 Å². The van der Waals surface area contributed by atoms with Gasteiger partial charge in [0.25, 0.3) is 0 Å². The highest BCUT2D eigenvalue weighted by Gasteiger charge is 2.49. The molecule has 0 radical (unpaired) electrons. The third kappa shape index (κ3) is 8.85. The van der Waals surface area contributed by atoms with Crippen molar-refractivity contribution in [2.75, 3.05) is 19.8 Å². The highest BCUT2D eigenvalue weighted by Crippen LogP contribution is 2.52. The number of rotatable bonds is 10. The molecule has 0 amide bonds. The summed E-state index contributed by atoms with van der Waals surface area (Å²) in [5, 5.41) is 0. The molecule has 0 N–H and O–H groups in total. The molecule has 59 heavy (non-hydrogen) atoms. The van der Waals surface area contributed by atoms with Crippen LogP contribution in [0.3, 0.4) is 0 Å². The molecule has 6 aliphatic rings. The van der Waals surface area contributed by atoms with Crippen LogP contribution >= 0.6 is 0 Å². The lowest BCUT2D eigenvalue weighted by Crippen LogP contribution is -2.46. The van der Waals surface area contributed by atoms with Crippen LogP contribution in [0.15, 0.2) is 104 Å². The molecule has 3 aliphatic heterocycles. The minimum atomic E-state index is 0.112. The number of allylic oxidation sites excluding steroid dienone is 1. The number of hydrogen-bond donors (Lipinski definition) is 0. The summed E-state index contributed by atoms with van der Waals surface area (Å²) in [5.74, 6) is 2.40. The van der Waals surface area contributed by atoms with Crippen LogP contribution in [0.25, 0.3) is 5.57 Å². The lowest BCUT2D eigenvalue weighted by Gasteiger charge is -2.46. The Morgan fingerprint density at radius 2 is 1.08 bits per heavy atom. The molecule has 312 valence electrons. The maximum Gasteiger partial charge on any atom is 0.122 e. The van der Waals surface area contributed by atoms with Gasteiger partial charge in [-0.3, -0.25) is 9.97 Å². The highest BCUT2D eigenvalue weighted by molar-refractivity contribution is 5.68. The first-order chi connectivity index (χ1) is 29.0. The van der Waals surface area contributed by atoms with Crippen molar-refractivity contribution in [3.8, 4) is 5.75 Å². The number of benzene rings is 2. The van der Waals surface area contributed by atoms with E-state index in [0.29, 0.717) is 11.8 Å². The molecular formula is C54H68N2O3. The lowest BCUT2D eigenvalue weighted by molar-refractivity contribution is -0.105. The fourth-order valence-corrected chi connectivity index (χ4v) is 12.8. The molecule has 0 bridgehead atoms. The Morgan fingerprint density at radius 3 is 1.66 bits per heavy atom. The molecule has 2 saturated carbocycles. The van der Waals surface area contributed by atoms with Crippen LogP contribution in [0.1, 0.15) is 175 Å². The van der Waals surface area contributed by atoms with Gasteiger partial charge < -0.3 is 14.2 Å². The molecular weight excluding hydrogens is 725 g/mol. The van der Waals surface area contributed by atoms with E-state index in [1.165, 1.54) is 130 Å². The molecule has 2 spiro atoms. The summed E-state index contributed by atoms with van der Waals surface area (Å²) < 4.78 is 18.7. The summed E-state index contributed by atoms with van der Waals surface area (Å²) in [4.78, 5) is 9.73. The predicted molar refractivity (Wildman–Crippen MR) is 239 cm³/mol. The van der Waals surface area contributed by atoms with Gasteiger partial charge in [0.1, 0.15) is 5.75 Å². The monoisotopic (exact) mass is 793 g/mol. The summed E-state index contributed by atoms with van der Waals surface area (Å²) in [5.41, 5.74) is 8.84. The molecule has 2 aromatic heterocycles. The Hall–Kier alpha value is -3.80. The van der Waals surface area contributed by atoms with Crippen molar-refractivity contribution >= 4 is 5.57 Å². The van der Waals surface area contributed by atoms with Gasteiger partial charge in [0.15, 0.2) is 0 Å². The second kappa shape index (κ2) is 18.0. The van der Waals surface area contributed by atoms with Crippen molar-refractivity contribution in [3.05, 3.63) is 132 Å². The number of aromatic nitrogens is 2. The summed E-state index contributed by atoms with van der Waals surface area (Å²) in [6.07, 6.45) is 29.7. The summed E-state index contributed by atoms with van der Waals surface area (Å²) in [6, 6.07) is 30.5. The van der Waals surface area contributed by atoms with E-state index >= 15 is 0 Å². The molecule has 3 aliphatic carbocycles. The Bertz CT molecular complexity index is 1990. The van der Waals surface area contributed by atoms with Gasteiger partial charge in [-0.2, -0.15) is 0 Å². The molecule has 10 rings (SSSR count). The highest BCUT2D eigenvalue weighted by atomic mass is 16.5. The van der Waals surface area contributed by atoms with Gasteiger partial charge in [0, 0.05) is 47.8 Å². The van der Waals surface area contributed by atoms with Crippen molar-refractivity contribution in [2.24, 2.45) is 0 Å². The van der Waals surface area contributed by atoms with Crippen molar-refractivity contribution < 1.29 is 14.2 Å². The normalized spacial score (nSPS) is 28.0. The van der Waals surface area contributed by atoms with Crippen LogP contribution in [0, 0.1) is 0 Å². The van der Waals surface area contributed by atoms with Crippen LogP contribution in [-0.4, -0.2) is 41.0 Å². The average Bonchev–Trinajstić information content (AvgIpc) is 3.94. The first kappa shape index (κ1) is 40.6. The maximum absolute atomic E-state index is 6.42. The van der Waals surface area contributed by atoms with E-state index in [0.717, 1.165) is 64.1 Å². The predicted octanol–water partition coefficient (Wildman–Crippen LogP) is 13.4. The Labute approximate surface area is 354 Å². The average molecular weight is 793 g/mol. The first-order valence-electron chi connectivity index (χ1n) is 23.6. The quantitative estimate of drug-likeness (QED) is 0.160. The van der Waals surface area contributed by atoms with E-state index < -0.39 is 0 Å². The summed E-state index contributed by atoms with van der Waals surface area (Å²) >= 11 is 0. The van der Waals surface area contributed by atoms with Crippen molar-refractivity contribution in [3.63, 3.8) is 0 Å². The van der Waals surface area contributed by atoms with Crippen molar-refractivity contribution in [2.45, 2.75) is 169 Å². The van der Waals surface area contributed by atoms with Gasteiger partial charge in [-0.15, -0.1) is 0 Å². The Kier molecular flexibility index (Phi) is 12.4. The number of fused-ring (bicyclic) bond motifs is 2. The third-order valence-electron chi connectivity index (χ3n) is 15.8. The largest absolute Gasteiger partial charge is 0.493 e. The fraction of sp³-hybridized carbons (Fsp3) is 0.556. The van der Waals surface area contributed by atoms with Crippen LogP contribution in [-0.2, 0) is 20.3 Å². The third-order valence-corrected chi connectivity index (χ3v) is 15.8. The Morgan fingerprint density at radius 1 is 0.559 bits per heavy atom. The molecule has 4 fully saturated rings.